The number of rotatable bonds is 4. The third-order valence-corrected chi connectivity index (χ3v) is 4.93. The highest BCUT2D eigenvalue weighted by molar-refractivity contribution is 5.43. The van der Waals surface area contributed by atoms with Gasteiger partial charge in [-0.15, -0.1) is 13.2 Å². The van der Waals surface area contributed by atoms with Crippen LogP contribution < -0.4 is 10.1 Å². The van der Waals surface area contributed by atoms with Gasteiger partial charge in [0.15, 0.2) is 0 Å². The van der Waals surface area contributed by atoms with Gasteiger partial charge in [0.2, 0.25) is 0 Å². The molecular formula is C20H17F9N2O. The maximum atomic E-state index is 13.7. The van der Waals surface area contributed by atoms with Crippen molar-refractivity contribution in [1.82, 2.24) is 10.2 Å². The number of ether oxygens (including phenoxy) is 1. The van der Waals surface area contributed by atoms with Gasteiger partial charge in [-0.2, -0.15) is 26.3 Å². The molecule has 2 aromatic rings. The number of alkyl halides is 9. The van der Waals surface area contributed by atoms with Gasteiger partial charge < -0.3 is 10.1 Å². The molecule has 3 rings (SSSR count). The van der Waals surface area contributed by atoms with Crippen LogP contribution in [0, 0.1) is 0 Å². The SMILES string of the molecule is FC(F)(F)Oc1ccc([C@H](c2cc(C(F)(F)F)ccc2C(F)(F)F)N2CCNCC2)cc1. The predicted molar refractivity (Wildman–Crippen MR) is 95.9 cm³/mol. The molecule has 0 aliphatic carbocycles. The molecule has 3 nitrogen and oxygen atoms in total. The van der Waals surface area contributed by atoms with Gasteiger partial charge in [-0.1, -0.05) is 12.1 Å². The standard InChI is InChI=1S/C20H17F9N2O/c21-18(22,23)13-3-6-16(19(24,25)26)15(11-13)17(31-9-7-30-8-10-31)12-1-4-14(5-2-12)32-20(27,28)29/h1-6,11,17,30H,7-10H2/t17-/m1/s1. The molecule has 0 spiro atoms. The number of halogens is 9. The highest BCUT2D eigenvalue weighted by Gasteiger charge is 2.40. The molecule has 0 radical (unpaired) electrons. The van der Waals surface area contributed by atoms with Gasteiger partial charge in [-0.25, -0.2) is 0 Å². The molecule has 0 unspecified atom stereocenters. The van der Waals surface area contributed by atoms with Crippen molar-refractivity contribution in [1.29, 1.82) is 0 Å². The van der Waals surface area contributed by atoms with E-state index < -0.39 is 47.2 Å². The Morgan fingerprint density at radius 2 is 1.38 bits per heavy atom. The number of nitrogens with zero attached hydrogens (tertiary/aromatic N) is 1. The van der Waals surface area contributed by atoms with E-state index in [0.29, 0.717) is 31.3 Å². The Hall–Kier alpha value is -2.47. The summed E-state index contributed by atoms with van der Waals surface area (Å²) in [6.45, 7) is 1.20. The largest absolute Gasteiger partial charge is 0.573 e. The Bertz CT molecular complexity index is 915. The Labute approximate surface area is 176 Å². The minimum atomic E-state index is -4.97. The number of hydrogen-bond acceptors (Lipinski definition) is 3. The molecule has 1 aliphatic rings. The third-order valence-electron chi connectivity index (χ3n) is 4.93. The summed E-state index contributed by atoms with van der Waals surface area (Å²) >= 11 is 0. The molecule has 0 saturated carbocycles. The fraction of sp³-hybridized carbons (Fsp3) is 0.400. The van der Waals surface area contributed by atoms with Crippen LogP contribution in [-0.4, -0.2) is 37.4 Å². The first-order valence-electron chi connectivity index (χ1n) is 9.34. The van der Waals surface area contributed by atoms with Crippen molar-refractivity contribution < 1.29 is 44.3 Å². The summed E-state index contributed by atoms with van der Waals surface area (Å²) in [5.74, 6) is -0.597. The van der Waals surface area contributed by atoms with Crippen molar-refractivity contribution in [3.63, 3.8) is 0 Å². The van der Waals surface area contributed by atoms with E-state index in [9.17, 15) is 39.5 Å². The van der Waals surface area contributed by atoms with E-state index in [2.05, 4.69) is 10.1 Å². The third kappa shape index (κ3) is 5.85. The maximum absolute atomic E-state index is 13.7. The zero-order chi connectivity index (χ0) is 23.7. The molecule has 0 amide bonds. The molecule has 1 N–H and O–H groups in total. The first-order chi connectivity index (χ1) is 14.8. The first kappa shape index (κ1) is 24.2. The van der Waals surface area contributed by atoms with Gasteiger partial charge in [0.1, 0.15) is 5.75 Å². The Morgan fingerprint density at radius 3 is 1.88 bits per heavy atom. The average Bonchev–Trinajstić information content (AvgIpc) is 2.68. The molecule has 32 heavy (non-hydrogen) atoms. The van der Waals surface area contributed by atoms with Gasteiger partial charge in [-0.3, -0.25) is 4.90 Å². The van der Waals surface area contributed by atoms with Crippen LogP contribution in [0.5, 0.6) is 5.75 Å². The Kier molecular flexibility index (Phi) is 6.66. The van der Waals surface area contributed by atoms with Crippen LogP contribution in [0.3, 0.4) is 0 Å². The number of piperazine rings is 1. The van der Waals surface area contributed by atoms with Gasteiger partial charge in [0, 0.05) is 26.2 Å². The predicted octanol–water partition coefficient (Wildman–Crippen LogP) is 5.62. The molecule has 2 aromatic carbocycles. The second kappa shape index (κ2) is 8.81. The van der Waals surface area contributed by atoms with Crippen molar-refractivity contribution in [2.45, 2.75) is 24.8 Å². The molecular weight excluding hydrogens is 455 g/mol. The topological polar surface area (TPSA) is 24.5 Å². The number of hydrogen-bond donors (Lipinski definition) is 1. The van der Waals surface area contributed by atoms with Crippen molar-refractivity contribution in [2.75, 3.05) is 26.2 Å². The highest BCUT2D eigenvalue weighted by Crippen LogP contribution is 2.42. The van der Waals surface area contributed by atoms with Crippen LogP contribution in [0.25, 0.3) is 0 Å². The minimum Gasteiger partial charge on any atom is -0.406 e. The Balaban J connectivity index is 2.14. The summed E-state index contributed by atoms with van der Waals surface area (Å²) in [5, 5.41) is 3.00. The number of nitrogens with one attached hydrogen (secondary N) is 1. The molecule has 0 bridgehead atoms. The summed E-state index contributed by atoms with van der Waals surface area (Å²) in [7, 11) is 0. The molecule has 0 aromatic heterocycles. The summed E-state index contributed by atoms with van der Waals surface area (Å²) in [4.78, 5) is 1.56. The van der Waals surface area contributed by atoms with Crippen molar-refractivity contribution in [2.24, 2.45) is 0 Å². The van der Waals surface area contributed by atoms with Crippen LogP contribution >= 0.6 is 0 Å². The monoisotopic (exact) mass is 472 g/mol. The smallest absolute Gasteiger partial charge is 0.406 e. The van der Waals surface area contributed by atoms with E-state index in [-0.39, 0.29) is 18.7 Å². The van der Waals surface area contributed by atoms with Crippen LogP contribution in [0.1, 0.15) is 28.3 Å². The van der Waals surface area contributed by atoms with Gasteiger partial charge in [0.05, 0.1) is 17.2 Å². The first-order valence-corrected chi connectivity index (χ1v) is 9.34. The fourth-order valence-electron chi connectivity index (χ4n) is 3.60. The van der Waals surface area contributed by atoms with Crippen LogP contribution in [0.15, 0.2) is 42.5 Å². The summed E-state index contributed by atoms with van der Waals surface area (Å²) in [6, 6.07) is 4.00. The van der Waals surface area contributed by atoms with Gasteiger partial charge in [0.25, 0.3) is 0 Å². The Morgan fingerprint density at radius 1 is 0.781 bits per heavy atom. The quantitative estimate of drug-likeness (QED) is 0.585. The lowest BCUT2D eigenvalue weighted by Gasteiger charge is -2.37. The van der Waals surface area contributed by atoms with Crippen molar-refractivity contribution in [3.8, 4) is 5.75 Å². The van der Waals surface area contributed by atoms with E-state index >= 15 is 0 Å². The second-order valence-electron chi connectivity index (χ2n) is 7.10. The average molecular weight is 472 g/mol. The molecule has 1 fully saturated rings. The molecule has 12 heteroatoms. The van der Waals surface area contributed by atoms with E-state index in [0.717, 1.165) is 24.3 Å². The van der Waals surface area contributed by atoms with Crippen LogP contribution in [-0.2, 0) is 12.4 Å². The molecule has 1 saturated heterocycles. The van der Waals surface area contributed by atoms with Crippen molar-refractivity contribution >= 4 is 0 Å². The second-order valence-corrected chi connectivity index (χ2v) is 7.10. The minimum absolute atomic E-state index is 0.103. The lowest BCUT2D eigenvalue weighted by atomic mass is 9.90. The van der Waals surface area contributed by atoms with Crippen LogP contribution in [0.4, 0.5) is 39.5 Å². The molecule has 176 valence electrons. The summed E-state index contributed by atoms with van der Waals surface area (Å²) in [5.41, 5.74) is -3.02. The van der Waals surface area contributed by atoms with E-state index in [1.807, 2.05) is 0 Å². The molecule has 1 heterocycles. The van der Waals surface area contributed by atoms with Crippen molar-refractivity contribution in [3.05, 3.63) is 64.7 Å². The lowest BCUT2D eigenvalue weighted by molar-refractivity contribution is -0.274. The zero-order valence-corrected chi connectivity index (χ0v) is 16.2. The van der Waals surface area contributed by atoms with Gasteiger partial charge in [-0.05, 0) is 41.5 Å². The van der Waals surface area contributed by atoms with E-state index in [4.69, 9.17) is 0 Å². The lowest BCUT2D eigenvalue weighted by Crippen LogP contribution is -2.45. The number of benzene rings is 2. The fourth-order valence-corrected chi connectivity index (χ4v) is 3.60. The normalized spacial score (nSPS) is 17.3. The highest BCUT2D eigenvalue weighted by atomic mass is 19.4. The van der Waals surface area contributed by atoms with E-state index in [1.165, 1.54) is 0 Å². The summed E-state index contributed by atoms with van der Waals surface area (Å²) in [6.07, 6.45) is -14.8. The maximum Gasteiger partial charge on any atom is 0.573 e. The van der Waals surface area contributed by atoms with Crippen LogP contribution in [0.2, 0.25) is 0 Å². The molecule has 1 atom stereocenters. The van der Waals surface area contributed by atoms with E-state index in [1.54, 1.807) is 4.90 Å². The summed E-state index contributed by atoms with van der Waals surface area (Å²) < 4.78 is 122. The molecule has 1 aliphatic heterocycles. The zero-order valence-electron chi connectivity index (χ0n) is 16.2. The van der Waals surface area contributed by atoms with Gasteiger partial charge >= 0.3 is 18.7 Å².